The Hall–Kier alpha value is -3.45. The number of anilines is 2. The number of rotatable bonds is 6. The molecule has 0 aliphatic heterocycles. The highest BCUT2D eigenvalue weighted by atomic mass is 32.2. The van der Waals surface area contributed by atoms with Crippen LogP contribution in [0, 0.1) is 26.6 Å². The van der Waals surface area contributed by atoms with Crippen LogP contribution in [0.1, 0.15) is 22.3 Å². The Morgan fingerprint density at radius 2 is 1.61 bits per heavy atom. The van der Waals surface area contributed by atoms with Crippen molar-refractivity contribution in [1.82, 2.24) is 0 Å². The van der Waals surface area contributed by atoms with Gasteiger partial charge in [0, 0.05) is 11.8 Å². The highest BCUT2D eigenvalue weighted by Crippen LogP contribution is 2.25. The minimum Gasteiger partial charge on any atom is -0.322 e. The van der Waals surface area contributed by atoms with E-state index in [-0.39, 0.29) is 10.7 Å². The van der Waals surface area contributed by atoms with Crippen molar-refractivity contribution in [1.29, 1.82) is 0 Å². The van der Waals surface area contributed by atoms with Gasteiger partial charge in [0.2, 0.25) is 5.91 Å². The second-order valence-electron chi connectivity index (χ2n) is 7.28. The quantitative estimate of drug-likeness (QED) is 0.519. The third kappa shape index (κ3) is 5.79. The number of amides is 1. The molecule has 0 aromatic heterocycles. The number of hydrogen-bond acceptors (Lipinski definition) is 3. The molecule has 0 unspecified atom stereocenters. The molecule has 7 heteroatoms. The first kappa shape index (κ1) is 22.2. The maximum Gasteiger partial charge on any atom is 0.262 e. The molecule has 0 spiro atoms. The molecule has 0 atom stereocenters. The maximum absolute atomic E-state index is 13.0. The summed E-state index contributed by atoms with van der Waals surface area (Å²) in [4.78, 5) is 12.3. The fourth-order valence-electron chi connectivity index (χ4n) is 3.02. The van der Waals surface area contributed by atoms with Crippen LogP contribution < -0.4 is 10.0 Å². The topological polar surface area (TPSA) is 75.3 Å². The molecule has 0 bridgehead atoms. The molecule has 2 N–H and O–H groups in total. The van der Waals surface area contributed by atoms with Crippen molar-refractivity contribution < 1.29 is 17.6 Å². The van der Waals surface area contributed by atoms with Gasteiger partial charge in [-0.1, -0.05) is 35.9 Å². The first-order chi connectivity index (χ1) is 14.6. The van der Waals surface area contributed by atoms with Crippen molar-refractivity contribution in [3.8, 4) is 0 Å². The van der Waals surface area contributed by atoms with Crippen LogP contribution in [0.15, 0.2) is 71.6 Å². The Morgan fingerprint density at radius 3 is 2.29 bits per heavy atom. The Bertz CT molecular complexity index is 1250. The third-order valence-electron chi connectivity index (χ3n) is 4.67. The fraction of sp³-hybridized carbons (Fsp3) is 0.125. The molecule has 0 aliphatic carbocycles. The molecule has 3 aromatic rings. The molecule has 160 valence electrons. The zero-order valence-electron chi connectivity index (χ0n) is 17.4. The standard InChI is InChI=1S/C24H23FN2O3S/c1-16-4-12-22(18(3)14-16)27-31(29,30)23-15-21(11-5-17(23)2)26-24(28)13-8-19-6-9-20(25)10-7-19/h4-15,27H,1-3H3,(H,26,28)/b13-8+. The predicted octanol–water partition coefficient (Wildman–Crippen LogP) is 5.20. The number of hydrogen-bond donors (Lipinski definition) is 2. The first-order valence-electron chi connectivity index (χ1n) is 9.59. The summed E-state index contributed by atoms with van der Waals surface area (Å²) < 4.78 is 41.5. The molecular weight excluding hydrogens is 415 g/mol. The second-order valence-corrected chi connectivity index (χ2v) is 8.93. The fourth-order valence-corrected chi connectivity index (χ4v) is 4.43. The Balaban J connectivity index is 1.78. The minimum atomic E-state index is -3.85. The van der Waals surface area contributed by atoms with Crippen LogP contribution in [0.4, 0.5) is 15.8 Å². The molecule has 0 saturated heterocycles. The monoisotopic (exact) mass is 438 g/mol. The van der Waals surface area contributed by atoms with Crippen LogP contribution in [0.3, 0.4) is 0 Å². The van der Waals surface area contributed by atoms with Gasteiger partial charge in [-0.15, -0.1) is 0 Å². The van der Waals surface area contributed by atoms with Gasteiger partial charge in [-0.05, 0) is 73.9 Å². The van der Waals surface area contributed by atoms with Gasteiger partial charge in [0.05, 0.1) is 10.6 Å². The van der Waals surface area contributed by atoms with Crippen LogP contribution in [0.25, 0.3) is 6.08 Å². The van der Waals surface area contributed by atoms with E-state index < -0.39 is 15.9 Å². The molecule has 0 radical (unpaired) electrons. The van der Waals surface area contributed by atoms with E-state index in [1.807, 2.05) is 26.0 Å². The minimum absolute atomic E-state index is 0.0767. The van der Waals surface area contributed by atoms with Gasteiger partial charge in [0.1, 0.15) is 5.82 Å². The average molecular weight is 439 g/mol. The molecule has 0 aliphatic rings. The van der Waals surface area contributed by atoms with Crippen molar-refractivity contribution in [3.63, 3.8) is 0 Å². The van der Waals surface area contributed by atoms with E-state index in [0.29, 0.717) is 22.5 Å². The van der Waals surface area contributed by atoms with Gasteiger partial charge in [0.15, 0.2) is 0 Å². The smallest absolute Gasteiger partial charge is 0.262 e. The van der Waals surface area contributed by atoms with Gasteiger partial charge >= 0.3 is 0 Å². The number of sulfonamides is 1. The summed E-state index contributed by atoms with van der Waals surface area (Å²) in [5.74, 6) is -0.789. The summed E-state index contributed by atoms with van der Waals surface area (Å²) in [6, 6.07) is 15.9. The summed E-state index contributed by atoms with van der Waals surface area (Å²) in [6.07, 6.45) is 2.84. The van der Waals surface area contributed by atoms with Crippen LogP contribution in [0.5, 0.6) is 0 Å². The Labute approximate surface area is 181 Å². The lowest BCUT2D eigenvalue weighted by Gasteiger charge is -2.14. The van der Waals surface area contributed by atoms with Gasteiger partial charge in [-0.25, -0.2) is 12.8 Å². The van der Waals surface area contributed by atoms with Gasteiger partial charge in [0.25, 0.3) is 10.0 Å². The van der Waals surface area contributed by atoms with E-state index in [4.69, 9.17) is 0 Å². The van der Waals surface area contributed by atoms with Crippen LogP contribution in [-0.4, -0.2) is 14.3 Å². The second kappa shape index (κ2) is 9.14. The average Bonchev–Trinajstić information content (AvgIpc) is 2.71. The van der Waals surface area contributed by atoms with Crippen LogP contribution in [-0.2, 0) is 14.8 Å². The van der Waals surface area contributed by atoms with E-state index in [1.165, 1.54) is 24.3 Å². The molecule has 31 heavy (non-hydrogen) atoms. The van der Waals surface area contributed by atoms with Gasteiger partial charge in [-0.3, -0.25) is 9.52 Å². The normalized spacial score (nSPS) is 11.5. The van der Waals surface area contributed by atoms with Crippen LogP contribution >= 0.6 is 0 Å². The summed E-state index contributed by atoms with van der Waals surface area (Å²) in [5.41, 5.74) is 3.92. The van der Waals surface area contributed by atoms with E-state index >= 15 is 0 Å². The number of nitrogens with one attached hydrogen (secondary N) is 2. The summed E-state index contributed by atoms with van der Waals surface area (Å²) in [5, 5.41) is 2.65. The number of carbonyl (C=O) groups is 1. The summed E-state index contributed by atoms with van der Waals surface area (Å²) in [6.45, 7) is 5.46. The molecule has 0 fully saturated rings. The SMILES string of the molecule is Cc1ccc(NS(=O)(=O)c2cc(NC(=O)/C=C/c3ccc(F)cc3)ccc2C)c(C)c1. The lowest BCUT2D eigenvalue weighted by atomic mass is 10.1. The molecule has 3 rings (SSSR count). The highest BCUT2D eigenvalue weighted by molar-refractivity contribution is 7.92. The van der Waals surface area contributed by atoms with Crippen molar-refractivity contribution >= 4 is 33.4 Å². The number of halogens is 1. The number of carbonyl (C=O) groups excluding carboxylic acids is 1. The van der Waals surface area contributed by atoms with Crippen molar-refractivity contribution in [2.45, 2.75) is 25.7 Å². The summed E-state index contributed by atoms with van der Waals surface area (Å²) in [7, 11) is -3.85. The van der Waals surface area contributed by atoms with Gasteiger partial charge < -0.3 is 5.32 Å². The predicted molar refractivity (Wildman–Crippen MR) is 122 cm³/mol. The van der Waals surface area contributed by atoms with E-state index in [0.717, 1.165) is 11.1 Å². The maximum atomic E-state index is 13.0. The number of aryl methyl sites for hydroxylation is 3. The molecule has 3 aromatic carbocycles. The first-order valence-corrected chi connectivity index (χ1v) is 11.1. The third-order valence-corrected chi connectivity index (χ3v) is 6.18. The zero-order valence-corrected chi connectivity index (χ0v) is 18.3. The molecule has 1 amide bonds. The van der Waals surface area contributed by atoms with Crippen molar-refractivity contribution in [2.24, 2.45) is 0 Å². The van der Waals surface area contributed by atoms with E-state index in [1.54, 1.807) is 43.3 Å². The van der Waals surface area contributed by atoms with Crippen molar-refractivity contribution in [3.05, 3.63) is 94.8 Å². The number of benzene rings is 3. The molecule has 0 heterocycles. The van der Waals surface area contributed by atoms with E-state index in [9.17, 15) is 17.6 Å². The lowest BCUT2D eigenvalue weighted by Crippen LogP contribution is -2.16. The largest absolute Gasteiger partial charge is 0.322 e. The van der Waals surface area contributed by atoms with Crippen molar-refractivity contribution in [2.75, 3.05) is 10.0 Å². The van der Waals surface area contributed by atoms with E-state index in [2.05, 4.69) is 10.0 Å². The zero-order chi connectivity index (χ0) is 22.6. The van der Waals surface area contributed by atoms with Gasteiger partial charge in [-0.2, -0.15) is 0 Å². The molecule has 5 nitrogen and oxygen atoms in total. The molecular formula is C24H23FN2O3S. The Morgan fingerprint density at radius 1 is 0.903 bits per heavy atom. The highest BCUT2D eigenvalue weighted by Gasteiger charge is 2.19. The lowest BCUT2D eigenvalue weighted by molar-refractivity contribution is -0.111. The van der Waals surface area contributed by atoms with Crippen LogP contribution in [0.2, 0.25) is 0 Å². The Kier molecular flexibility index (Phi) is 6.56. The summed E-state index contributed by atoms with van der Waals surface area (Å²) >= 11 is 0. The molecule has 0 saturated carbocycles.